The van der Waals surface area contributed by atoms with Crippen LogP contribution < -0.4 is 5.32 Å². The highest BCUT2D eigenvalue weighted by Gasteiger charge is 2.24. The molecule has 0 saturated carbocycles. The number of ether oxygens (including phenoxy) is 1. The van der Waals surface area contributed by atoms with Gasteiger partial charge in [0.25, 0.3) is 5.91 Å². The summed E-state index contributed by atoms with van der Waals surface area (Å²) in [7, 11) is 0. The lowest BCUT2D eigenvalue weighted by atomic mass is 9.90. The number of benzene rings is 2. The fourth-order valence-electron chi connectivity index (χ4n) is 3.54. The fourth-order valence-corrected chi connectivity index (χ4v) is 3.54. The first-order chi connectivity index (χ1) is 13.6. The van der Waals surface area contributed by atoms with Crippen molar-refractivity contribution in [3.8, 4) is 0 Å². The molecule has 6 heteroatoms. The molecule has 0 bridgehead atoms. The number of fused-ring (bicyclic) bond motifs is 2. The summed E-state index contributed by atoms with van der Waals surface area (Å²) in [6, 6.07) is 12.9. The van der Waals surface area contributed by atoms with Gasteiger partial charge in [0.05, 0.1) is 11.1 Å². The van der Waals surface area contributed by atoms with Crippen LogP contribution in [0.15, 0.2) is 48.5 Å². The van der Waals surface area contributed by atoms with E-state index in [9.17, 15) is 14.0 Å². The third kappa shape index (κ3) is 3.71. The van der Waals surface area contributed by atoms with Gasteiger partial charge in [-0.1, -0.05) is 18.2 Å². The zero-order valence-electron chi connectivity index (χ0n) is 15.2. The maximum Gasteiger partial charge on any atom is 0.339 e. The lowest BCUT2D eigenvalue weighted by Gasteiger charge is -2.19. The molecule has 0 radical (unpaired) electrons. The van der Waals surface area contributed by atoms with Crippen molar-refractivity contribution in [1.82, 2.24) is 4.98 Å². The minimum absolute atomic E-state index is 0.390. The van der Waals surface area contributed by atoms with Crippen LogP contribution in [0.25, 0.3) is 10.9 Å². The number of esters is 1. The molecule has 1 amide bonds. The largest absolute Gasteiger partial charge is 0.452 e. The van der Waals surface area contributed by atoms with Gasteiger partial charge in [-0.3, -0.25) is 9.78 Å². The minimum Gasteiger partial charge on any atom is -0.452 e. The van der Waals surface area contributed by atoms with Crippen molar-refractivity contribution in [3.63, 3.8) is 0 Å². The van der Waals surface area contributed by atoms with Gasteiger partial charge < -0.3 is 10.1 Å². The van der Waals surface area contributed by atoms with Crippen molar-refractivity contribution in [2.24, 2.45) is 0 Å². The van der Waals surface area contributed by atoms with Crippen molar-refractivity contribution in [3.05, 3.63) is 71.2 Å². The van der Waals surface area contributed by atoms with Crippen molar-refractivity contribution in [1.29, 1.82) is 0 Å². The fraction of sp³-hybridized carbons (Fsp3) is 0.227. The molecule has 4 rings (SSSR count). The van der Waals surface area contributed by atoms with Crippen LogP contribution in [0.2, 0.25) is 0 Å². The van der Waals surface area contributed by atoms with E-state index in [1.54, 1.807) is 0 Å². The van der Waals surface area contributed by atoms with Crippen LogP contribution in [0.4, 0.5) is 10.1 Å². The third-order valence-corrected chi connectivity index (χ3v) is 4.84. The Hall–Kier alpha value is -3.28. The van der Waals surface area contributed by atoms with Crippen molar-refractivity contribution in [2.75, 3.05) is 11.9 Å². The van der Waals surface area contributed by atoms with Gasteiger partial charge in [0.1, 0.15) is 5.82 Å². The Morgan fingerprint density at radius 2 is 1.79 bits per heavy atom. The normalized spacial score (nSPS) is 13.0. The third-order valence-electron chi connectivity index (χ3n) is 4.84. The molecule has 0 unspecified atom stereocenters. The summed E-state index contributed by atoms with van der Waals surface area (Å²) >= 11 is 0. The van der Waals surface area contributed by atoms with Gasteiger partial charge in [0.2, 0.25) is 0 Å². The number of hydrogen-bond acceptors (Lipinski definition) is 4. The molecule has 28 heavy (non-hydrogen) atoms. The van der Waals surface area contributed by atoms with E-state index in [0.29, 0.717) is 11.3 Å². The predicted octanol–water partition coefficient (Wildman–Crippen LogP) is 4.05. The Kier molecular flexibility index (Phi) is 5.02. The number of carbonyl (C=O) groups excluding carboxylic acids is 2. The highest BCUT2D eigenvalue weighted by atomic mass is 19.1. The predicted molar refractivity (Wildman–Crippen MR) is 104 cm³/mol. The van der Waals surface area contributed by atoms with Gasteiger partial charge in [0.15, 0.2) is 6.61 Å². The number of halogens is 1. The molecule has 142 valence electrons. The van der Waals surface area contributed by atoms with Crippen LogP contribution in [0, 0.1) is 5.82 Å². The van der Waals surface area contributed by atoms with Gasteiger partial charge in [-0.05, 0) is 61.6 Å². The summed E-state index contributed by atoms with van der Waals surface area (Å²) in [6.45, 7) is -0.415. The molecule has 0 aliphatic heterocycles. The first-order valence-corrected chi connectivity index (χ1v) is 9.25. The van der Waals surface area contributed by atoms with Crippen LogP contribution >= 0.6 is 0 Å². The molecule has 3 aromatic rings. The van der Waals surface area contributed by atoms with Crippen molar-refractivity contribution < 1.29 is 18.7 Å². The molecule has 1 N–H and O–H groups in total. The number of carbonyl (C=O) groups is 2. The topological polar surface area (TPSA) is 68.3 Å². The molecule has 1 aromatic heterocycles. The molecule has 0 atom stereocenters. The van der Waals surface area contributed by atoms with Gasteiger partial charge >= 0.3 is 5.97 Å². The lowest BCUT2D eigenvalue weighted by Crippen LogP contribution is -2.22. The molecule has 1 aliphatic rings. The number of hydrogen-bond donors (Lipinski definition) is 1. The number of nitrogens with zero attached hydrogens (tertiary/aromatic N) is 1. The Bertz CT molecular complexity index is 1050. The number of amides is 1. The van der Waals surface area contributed by atoms with Gasteiger partial charge in [-0.2, -0.15) is 0 Å². The second-order valence-electron chi connectivity index (χ2n) is 6.77. The average molecular weight is 378 g/mol. The maximum atomic E-state index is 12.9. The second kappa shape index (κ2) is 7.76. The number of rotatable bonds is 4. The summed E-state index contributed by atoms with van der Waals surface area (Å²) in [4.78, 5) is 29.6. The standard InChI is InChI=1S/C22H19FN2O3/c23-14-9-11-15(12-10-14)24-20(26)13-28-22(27)21-16-5-1-3-7-18(16)25-19-8-4-2-6-17(19)21/h1,3,5,7,9-12H,2,4,6,8,13H2,(H,24,26). The van der Waals surface area contributed by atoms with E-state index in [1.165, 1.54) is 24.3 Å². The van der Waals surface area contributed by atoms with Gasteiger partial charge in [0, 0.05) is 16.8 Å². The monoisotopic (exact) mass is 378 g/mol. The summed E-state index contributed by atoms with van der Waals surface area (Å²) in [6.07, 6.45) is 3.66. The van der Waals surface area contributed by atoms with E-state index in [2.05, 4.69) is 5.32 Å². The van der Waals surface area contributed by atoms with Crippen LogP contribution in [-0.4, -0.2) is 23.5 Å². The first-order valence-electron chi connectivity index (χ1n) is 9.25. The van der Waals surface area contributed by atoms with E-state index in [0.717, 1.165) is 47.8 Å². The smallest absolute Gasteiger partial charge is 0.339 e. The highest BCUT2D eigenvalue weighted by molar-refractivity contribution is 6.06. The SMILES string of the molecule is O=C(COC(=O)c1c2c(nc3ccccc13)CCCC2)Nc1ccc(F)cc1. The zero-order valence-corrected chi connectivity index (χ0v) is 15.2. The number of nitrogens with one attached hydrogen (secondary N) is 1. The number of aromatic nitrogens is 1. The summed E-state index contributed by atoms with van der Waals surface area (Å²) in [5.74, 6) is -1.39. The molecule has 1 aliphatic carbocycles. The molecule has 2 aromatic carbocycles. The minimum atomic E-state index is -0.522. The number of para-hydroxylation sites is 1. The summed E-state index contributed by atoms with van der Waals surface area (Å²) in [5, 5.41) is 3.32. The van der Waals surface area contributed by atoms with E-state index < -0.39 is 24.3 Å². The summed E-state index contributed by atoms with van der Waals surface area (Å²) < 4.78 is 18.3. The summed E-state index contributed by atoms with van der Waals surface area (Å²) in [5.41, 5.74) is 3.57. The van der Waals surface area contributed by atoms with E-state index in [4.69, 9.17) is 9.72 Å². The number of pyridine rings is 1. The number of anilines is 1. The average Bonchev–Trinajstić information content (AvgIpc) is 2.72. The highest BCUT2D eigenvalue weighted by Crippen LogP contribution is 2.29. The molecular weight excluding hydrogens is 359 g/mol. The van der Waals surface area contributed by atoms with Crippen LogP contribution in [0.3, 0.4) is 0 Å². The maximum absolute atomic E-state index is 12.9. The van der Waals surface area contributed by atoms with Gasteiger partial charge in [-0.25, -0.2) is 9.18 Å². The Morgan fingerprint density at radius 3 is 2.61 bits per heavy atom. The van der Waals surface area contributed by atoms with Crippen LogP contribution in [-0.2, 0) is 22.4 Å². The van der Waals surface area contributed by atoms with Crippen molar-refractivity contribution >= 4 is 28.5 Å². The van der Waals surface area contributed by atoms with E-state index >= 15 is 0 Å². The number of aryl methyl sites for hydroxylation is 1. The first kappa shape index (κ1) is 18.1. The molecule has 1 heterocycles. The molecule has 0 saturated heterocycles. The van der Waals surface area contributed by atoms with E-state index in [1.807, 2.05) is 24.3 Å². The Balaban J connectivity index is 1.54. The van der Waals surface area contributed by atoms with Crippen molar-refractivity contribution in [2.45, 2.75) is 25.7 Å². The zero-order chi connectivity index (χ0) is 19.5. The second-order valence-corrected chi connectivity index (χ2v) is 6.77. The molecular formula is C22H19FN2O3. The molecule has 0 fully saturated rings. The van der Waals surface area contributed by atoms with Crippen LogP contribution in [0.5, 0.6) is 0 Å². The van der Waals surface area contributed by atoms with Crippen LogP contribution in [0.1, 0.15) is 34.5 Å². The van der Waals surface area contributed by atoms with Gasteiger partial charge in [-0.15, -0.1) is 0 Å². The quantitative estimate of drug-likeness (QED) is 0.696. The Morgan fingerprint density at radius 1 is 1.04 bits per heavy atom. The lowest BCUT2D eigenvalue weighted by molar-refractivity contribution is -0.119. The Labute approximate surface area is 161 Å². The molecule has 0 spiro atoms. The molecule has 5 nitrogen and oxygen atoms in total. The van der Waals surface area contributed by atoms with E-state index in [-0.39, 0.29) is 0 Å².